The molecule has 1 aliphatic rings. The summed E-state index contributed by atoms with van der Waals surface area (Å²) in [5, 5.41) is 4.57. The third-order valence-corrected chi connectivity index (χ3v) is 4.34. The van der Waals surface area contributed by atoms with Gasteiger partial charge in [-0.1, -0.05) is 20.8 Å². The van der Waals surface area contributed by atoms with Crippen LogP contribution in [0.25, 0.3) is 10.8 Å². The summed E-state index contributed by atoms with van der Waals surface area (Å²) < 4.78 is 5.47. The van der Waals surface area contributed by atoms with E-state index in [4.69, 9.17) is 9.40 Å². The van der Waals surface area contributed by atoms with Crippen LogP contribution in [0.5, 0.6) is 0 Å². The Bertz CT molecular complexity index is 547. The first-order valence-electron chi connectivity index (χ1n) is 6.81. The molecule has 4 heteroatoms. The van der Waals surface area contributed by atoms with Crippen molar-refractivity contribution in [2.75, 3.05) is 0 Å². The highest BCUT2D eigenvalue weighted by molar-refractivity contribution is 7.15. The van der Waals surface area contributed by atoms with Crippen LogP contribution in [0, 0.1) is 0 Å². The molecule has 0 radical (unpaired) electrons. The maximum absolute atomic E-state index is 5.47. The van der Waals surface area contributed by atoms with Crippen molar-refractivity contribution in [2.45, 2.75) is 51.6 Å². The quantitative estimate of drug-likeness (QED) is 0.918. The number of nitrogens with one attached hydrogen (secondary N) is 1. The van der Waals surface area contributed by atoms with E-state index < -0.39 is 0 Å². The summed E-state index contributed by atoms with van der Waals surface area (Å²) in [6.07, 6.45) is 4.33. The maximum atomic E-state index is 5.47. The molecule has 102 valence electrons. The number of hydrogen-bond donors (Lipinski definition) is 1. The van der Waals surface area contributed by atoms with Crippen LogP contribution in [-0.2, 0) is 12.0 Å². The highest BCUT2D eigenvalue weighted by atomic mass is 32.1. The van der Waals surface area contributed by atoms with Gasteiger partial charge in [0.15, 0.2) is 10.8 Å². The Kier molecular flexibility index (Phi) is 3.23. The third-order valence-electron chi connectivity index (χ3n) is 3.27. The molecule has 0 atom stereocenters. The number of thiazole rings is 1. The van der Waals surface area contributed by atoms with Crippen molar-refractivity contribution in [3.8, 4) is 10.8 Å². The monoisotopic (exact) mass is 276 g/mol. The molecular formula is C15H20N2OS. The van der Waals surface area contributed by atoms with Crippen molar-refractivity contribution in [1.82, 2.24) is 10.3 Å². The van der Waals surface area contributed by atoms with Gasteiger partial charge in [-0.05, 0) is 25.0 Å². The van der Waals surface area contributed by atoms with Gasteiger partial charge in [0.2, 0.25) is 0 Å². The Balaban J connectivity index is 1.90. The van der Waals surface area contributed by atoms with Crippen LogP contribution in [0.1, 0.15) is 44.2 Å². The summed E-state index contributed by atoms with van der Waals surface area (Å²) in [6.45, 7) is 7.58. The predicted molar refractivity (Wildman–Crippen MR) is 78.4 cm³/mol. The summed E-state index contributed by atoms with van der Waals surface area (Å²) in [5.74, 6) is 0.869. The first-order valence-corrected chi connectivity index (χ1v) is 7.63. The Morgan fingerprint density at radius 1 is 1.42 bits per heavy atom. The molecule has 1 fully saturated rings. The van der Waals surface area contributed by atoms with Crippen LogP contribution < -0.4 is 5.32 Å². The molecule has 0 aliphatic heterocycles. The standard InChI is InChI=1S/C15H20N2OS/c1-15(2,3)13-12(9-16-10-6-7-10)19-14(17-13)11-5-4-8-18-11/h4-5,8,10,16H,6-7,9H2,1-3H3. The fraction of sp³-hybridized carbons (Fsp3) is 0.533. The van der Waals surface area contributed by atoms with E-state index in [1.54, 1.807) is 17.6 Å². The molecule has 2 heterocycles. The molecule has 1 N–H and O–H groups in total. The fourth-order valence-corrected chi connectivity index (χ4v) is 3.28. The molecule has 0 amide bonds. The van der Waals surface area contributed by atoms with Gasteiger partial charge in [-0.3, -0.25) is 0 Å². The van der Waals surface area contributed by atoms with Gasteiger partial charge in [-0.15, -0.1) is 11.3 Å². The van der Waals surface area contributed by atoms with Crippen LogP contribution in [0.15, 0.2) is 22.8 Å². The fourth-order valence-electron chi connectivity index (χ4n) is 2.09. The molecule has 0 spiro atoms. The summed E-state index contributed by atoms with van der Waals surface area (Å²) in [7, 11) is 0. The van der Waals surface area contributed by atoms with Crippen LogP contribution in [0.2, 0.25) is 0 Å². The van der Waals surface area contributed by atoms with Gasteiger partial charge < -0.3 is 9.73 Å². The van der Waals surface area contributed by atoms with Crippen molar-refractivity contribution in [3.63, 3.8) is 0 Å². The second kappa shape index (κ2) is 4.76. The molecule has 0 saturated heterocycles. The van der Waals surface area contributed by atoms with Gasteiger partial charge >= 0.3 is 0 Å². The molecule has 3 nitrogen and oxygen atoms in total. The maximum Gasteiger partial charge on any atom is 0.162 e. The molecule has 0 unspecified atom stereocenters. The van der Waals surface area contributed by atoms with E-state index in [9.17, 15) is 0 Å². The Morgan fingerprint density at radius 3 is 2.79 bits per heavy atom. The number of rotatable bonds is 4. The highest BCUT2D eigenvalue weighted by Gasteiger charge is 2.26. The summed E-state index contributed by atoms with van der Waals surface area (Å²) in [5.41, 5.74) is 1.26. The minimum Gasteiger partial charge on any atom is -0.462 e. The van der Waals surface area contributed by atoms with Gasteiger partial charge in [0.05, 0.1) is 12.0 Å². The van der Waals surface area contributed by atoms with E-state index in [1.807, 2.05) is 12.1 Å². The lowest BCUT2D eigenvalue weighted by Gasteiger charge is -2.17. The summed E-state index contributed by atoms with van der Waals surface area (Å²) in [4.78, 5) is 6.15. The minimum absolute atomic E-state index is 0.0713. The minimum atomic E-state index is 0.0713. The lowest BCUT2D eigenvalue weighted by atomic mass is 9.91. The smallest absolute Gasteiger partial charge is 0.162 e. The van der Waals surface area contributed by atoms with Crippen LogP contribution in [0.3, 0.4) is 0 Å². The first-order chi connectivity index (χ1) is 9.04. The number of hydrogen-bond acceptors (Lipinski definition) is 4. The van der Waals surface area contributed by atoms with Crippen molar-refractivity contribution in [1.29, 1.82) is 0 Å². The highest BCUT2D eigenvalue weighted by Crippen LogP contribution is 2.35. The number of nitrogens with zero attached hydrogens (tertiary/aromatic N) is 1. The average molecular weight is 276 g/mol. The second-order valence-electron chi connectivity index (χ2n) is 6.17. The van der Waals surface area contributed by atoms with E-state index >= 15 is 0 Å². The molecule has 3 rings (SSSR count). The zero-order chi connectivity index (χ0) is 13.5. The molecule has 0 bridgehead atoms. The van der Waals surface area contributed by atoms with Gasteiger partial charge in [-0.25, -0.2) is 4.98 Å². The van der Waals surface area contributed by atoms with Crippen LogP contribution in [0.4, 0.5) is 0 Å². The first kappa shape index (κ1) is 12.9. The third kappa shape index (κ3) is 2.90. The summed E-state index contributed by atoms with van der Waals surface area (Å²) in [6, 6.07) is 4.61. The molecule has 2 aromatic heterocycles. The van der Waals surface area contributed by atoms with Gasteiger partial charge in [0.1, 0.15) is 0 Å². The van der Waals surface area contributed by atoms with Crippen molar-refractivity contribution in [3.05, 3.63) is 29.0 Å². The molecule has 19 heavy (non-hydrogen) atoms. The number of aromatic nitrogens is 1. The lowest BCUT2D eigenvalue weighted by Crippen LogP contribution is -2.19. The van der Waals surface area contributed by atoms with E-state index in [0.29, 0.717) is 0 Å². The SMILES string of the molecule is CC(C)(C)c1nc(-c2ccco2)sc1CNC1CC1. The average Bonchev–Trinajstić information content (AvgIpc) is 2.87. The normalized spacial score (nSPS) is 15.9. The Morgan fingerprint density at radius 2 is 2.21 bits per heavy atom. The predicted octanol–water partition coefficient (Wildman–Crippen LogP) is 3.95. The van der Waals surface area contributed by atoms with E-state index in [1.165, 1.54) is 23.4 Å². The molecule has 1 aliphatic carbocycles. The molecular weight excluding hydrogens is 256 g/mol. The molecule has 1 saturated carbocycles. The van der Waals surface area contributed by atoms with E-state index in [0.717, 1.165) is 23.4 Å². The summed E-state index contributed by atoms with van der Waals surface area (Å²) >= 11 is 1.75. The Hall–Kier alpha value is -1.13. The van der Waals surface area contributed by atoms with E-state index in [2.05, 4.69) is 26.1 Å². The van der Waals surface area contributed by atoms with Gasteiger partial charge in [0.25, 0.3) is 0 Å². The Labute approximate surface area is 118 Å². The van der Waals surface area contributed by atoms with Crippen molar-refractivity contribution < 1.29 is 4.42 Å². The topological polar surface area (TPSA) is 38.1 Å². The number of furan rings is 1. The van der Waals surface area contributed by atoms with Gasteiger partial charge in [-0.2, -0.15) is 0 Å². The molecule has 2 aromatic rings. The van der Waals surface area contributed by atoms with Gasteiger partial charge in [0, 0.05) is 22.9 Å². The molecule has 0 aromatic carbocycles. The second-order valence-corrected chi connectivity index (χ2v) is 7.26. The van der Waals surface area contributed by atoms with Crippen molar-refractivity contribution in [2.24, 2.45) is 0 Å². The van der Waals surface area contributed by atoms with Crippen LogP contribution >= 0.6 is 11.3 Å². The lowest BCUT2D eigenvalue weighted by molar-refractivity contribution is 0.555. The zero-order valence-electron chi connectivity index (χ0n) is 11.7. The van der Waals surface area contributed by atoms with E-state index in [-0.39, 0.29) is 5.41 Å². The largest absolute Gasteiger partial charge is 0.462 e. The zero-order valence-corrected chi connectivity index (χ0v) is 12.5. The van der Waals surface area contributed by atoms with Crippen LogP contribution in [-0.4, -0.2) is 11.0 Å². The van der Waals surface area contributed by atoms with Crippen molar-refractivity contribution >= 4 is 11.3 Å².